The smallest absolute Gasteiger partial charge is 0.275 e. The molecule has 5 nitrogen and oxygen atoms in total. The first-order chi connectivity index (χ1) is 8.62. The maximum absolute atomic E-state index is 12.0. The number of hydrogen-bond acceptors (Lipinski definition) is 5. The Kier molecular flexibility index (Phi) is 5.08. The molecule has 0 amide bonds. The summed E-state index contributed by atoms with van der Waals surface area (Å²) in [7, 11) is -3.90. The van der Waals surface area contributed by atoms with Gasteiger partial charge in [0.25, 0.3) is 5.04 Å². The van der Waals surface area contributed by atoms with Gasteiger partial charge in [0.15, 0.2) is 0 Å². The van der Waals surface area contributed by atoms with Gasteiger partial charge in [0.2, 0.25) is 9.84 Å². The van der Waals surface area contributed by atoms with Crippen molar-refractivity contribution in [2.24, 2.45) is 5.16 Å². The molecular formula is C12H12N2O3S. The van der Waals surface area contributed by atoms with Crippen LogP contribution in [0.5, 0.6) is 0 Å². The molecule has 0 saturated carbocycles. The Morgan fingerprint density at radius 3 is 2.67 bits per heavy atom. The number of rotatable bonds is 4. The van der Waals surface area contributed by atoms with Crippen LogP contribution in [0.15, 0.2) is 52.5 Å². The van der Waals surface area contributed by atoms with Gasteiger partial charge in [0, 0.05) is 0 Å². The van der Waals surface area contributed by atoms with Crippen molar-refractivity contribution < 1.29 is 13.3 Å². The van der Waals surface area contributed by atoms with E-state index in [1.807, 2.05) is 0 Å². The molecule has 0 radical (unpaired) electrons. The molecule has 1 aromatic carbocycles. The summed E-state index contributed by atoms with van der Waals surface area (Å²) in [5, 5.41) is 11.5. The summed E-state index contributed by atoms with van der Waals surface area (Å²) in [5.74, 6) is 0. The van der Waals surface area contributed by atoms with E-state index in [4.69, 9.17) is 10.1 Å². The van der Waals surface area contributed by atoms with E-state index in [1.54, 1.807) is 37.3 Å². The van der Waals surface area contributed by atoms with Crippen LogP contribution < -0.4 is 0 Å². The molecule has 94 valence electrons. The number of oxime groups is 1. The van der Waals surface area contributed by atoms with Gasteiger partial charge in [0.05, 0.1) is 4.90 Å². The Bertz CT molecular complexity index is 583. The van der Waals surface area contributed by atoms with Gasteiger partial charge in [-0.2, -0.15) is 5.26 Å². The molecule has 0 aromatic heterocycles. The fraction of sp³-hybridized carbons (Fsp3) is 0.167. The van der Waals surface area contributed by atoms with Crippen molar-refractivity contribution in [2.45, 2.75) is 11.8 Å². The molecule has 0 aliphatic heterocycles. The van der Waals surface area contributed by atoms with Crippen molar-refractivity contribution in [3.63, 3.8) is 0 Å². The van der Waals surface area contributed by atoms with Crippen molar-refractivity contribution in [2.75, 3.05) is 6.61 Å². The third kappa shape index (κ3) is 3.43. The van der Waals surface area contributed by atoms with Crippen LogP contribution in [0.1, 0.15) is 6.92 Å². The Hall–Kier alpha value is -2.13. The normalized spacial score (nSPS) is 12.3. The summed E-state index contributed by atoms with van der Waals surface area (Å²) in [4.78, 5) is 4.75. The molecule has 0 fully saturated rings. The van der Waals surface area contributed by atoms with Crippen LogP contribution >= 0.6 is 0 Å². The van der Waals surface area contributed by atoms with Crippen LogP contribution in [0.3, 0.4) is 0 Å². The van der Waals surface area contributed by atoms with Crippen molar-refractivity contribution in [1.29, 1.82) is 5.26 Å². The number of sulfone groups is 1. The van der Waals surface area contributed by atoms with E-state index in [1.165, 1.54) is 18.2 Å². The molecule has 0 heterocycles. The van der Waals surface area contributed by atoms with Gasteiger partial charge in [0.1, 0.15) is 12.7 Å². The van der Waals surface area contributed by atoms with Gasteiger partial charge < -0.3 is 4.84 Å². The van der Waals surface area contributed by atoms with E-state index >= 15 is 0 Å². The highest BCUT2D eigenvalue weighted by Crippen LogP contribution is 2.11. The second-order valence-electron chi connectivity index (χ2n) is 3.19. The molecule has 0 aliphatic carbocycles. The van der Waals surface area contributed by atoms with Crippen LogP contribution in [0.25, 0.3) is 0 Å². The molecule has 0 atom stereocenters. The number of benzene rings is 1. The van der Waals surface area contributed by atoms with Crippen LogP contribution in [-0.4, -0.2) is 20.1 Å². The number of allylic oxidation sites excluding steroid dienone is 1. The van der Waals surface area contributed by atoms with Crippen LogP contribution in [0.4, 0.5) is 0 Å². The molecule has 1 rings (SSSR count). The molecule has 0 bridgehead atoms. The first-order valence-corrected chi connectivity index (χ1v) is 6.62. The molecule has 6 heteroatoms. The van der Waals surface area contributed by atoms with E-state index in [0.29, 0.717) is 0 Å². The Morgan fingerprint density at radius 1 is 1.44 bits per heavy atom. The number of nitriles is 1. The van der Waals surface area contributed by atoms with Crippen molar-refractivity contribution in [3.8, 4) is 6.07 Å². The summed E-state index contributed by atoms with van der Waals surface area (Å²) >= 11 is 0. The zero-order chi connectivity index (χ0) is 13.4. The van der Waals surface area contributed by atoms with E-state index in [0.717, 1.165) is 0 Å². The molecule has 0 unspecified atom stereocenters. The highest BCUT2D eigenvalue weighted by Gasteiger charge is 2.22. The summed E-state index contributed by atoms with van der Waals surface area (Å²) in [6, 6.07) is 9.15. The number of nitrogens with zero attached hydrogens (tertiary/aromatic N) is 2. The summed E-state index contributed by atoms with van der Waals surface area (Å²) in [6.45, 7) is 1.91. The minimum atomic E-state index is -3.90. The van der Waals surface area contributed by atoms with Crippen LogP contribution in [0, 0.1) is 11.3 Å². The maximum Gasteiger partial charge on any atom is 0.275 e. The van der Waals surface area contributed by atoms with E-state index in [-0.39, 0.29) is 11.5 Å². The maximum atomic E-state index is 12.0. The lowest BCUT2D eigenvalue weighted by molar-refractivity contribution is 0.176. The monoisotopic (exact) mass is 264 g/mol. The van der Waals surface area contributed by atoms with E-state index in [9.17, 15) is 8.42 Å². The zero-order valence-corrected chi connectivity index (χ0v) is 10.6. The summed E-state index contributed by atoms with van der Waals surface area (Å²) < 4.78 is 24.0. The highest BCUT2D eigenvalue weighted by molar-refractivity contribution is 8.07. The highest BCUT2D eigenvalue weighted by atomic mass is 32.2. The lowest BCUT2D eigenvalue weighted by Crippen LogP contribution is -2.13. The van der Waals surface area contributed by atoms with Gasteiger partial charge in [-0.15, -0.1) is 0 Å². The first-order valence-electron chi connectivity index (χ1n) is 5.14. The van der Waals surface area contributed by atoms with E-state index < -0.39 is 14.9 Å². The average Bonchev–Trinajstić information content (AvgIpc) is 2.39. The largest absolute Gasteiger partial charge is 0.390 e. The molecule has 0 N–H and O–H groups in total. The molecule has 1 aromatic rings. The minimum absolute atomic E-state index is 0.0138. The second-order valence-corrected chi connectivity index (χ2v) is 5.05. The molecule has 0 aliphatic rings. The predicted molar refractivity (Wildman–Crippen MR) is 67.4 cm³/mol. The average molecular weight is 264 g/mol. The topological polar surface area (TPSA) is 79.5 Å². The van der Waals surface area contributed by atoms with Crippen molar-refractivity contribution in [3.05, 3.63) is 42.5 Å². The summed E-state index contributed by atoms with van der Waals surface area (Å²) in [6.07, 6.45) is 3.38. The van der Waals surface area contributed by atoms with Crippen LogP contribution in [-0.2, 0) is 14.7 Å². The van der Waals surface area contributed by atoms with Crippen LogP contribution in [0.2, 0.25) is 0 Å². The minimum Gasteiger partial charge on any atom is -0.390 e. The third-order valence-electron chi connectivity index (χ3n) is 1.96. The SMILES string of the molecule is CC=CCON=C(C#N)S(=O)(=O)c1ccccc1. The third-order valence-corrected chi connectivity index (χ3v) is 3.53. The fourth-order valence-corrected chi connectivity index (χ4v) is 2.09. The lowest BCUT2D eigenvalue weighted by atomic mass is 10.4. The number of hydrogen-bond donors (Lipinski definition) is 0. The van der Waals surface area contributed by atoms with E-state index in [2.05, 4.69) is 5.16 Å². The fourth-order valence-electron chi connectivity index (χ4n) is 1.08. The molecule has 0 spiro atoms. The zero-order valence-electron chi connectivity index (χ0n) is 9.78. The lowest BCUT2D eigenvalue weighted by Gasteiger charge is -2.01. The summed E-state index contributed by atoms with van der Waals surface area (Å²) in [5.41, 5.74) is 0. The van der Waals surface area contributed by atoms with Gasteiger partial charge >= 0.3 is 0 Å². The van der Waals surface area contributed by atoms with Gasteiger partial charge in [-0.1, -0.05) is 29.4 Å². The Labute approximate surface area is 106 Å². The molecular weight excluding hydrogens is 252 g/mol. The predicted octanol–water partition coefficient (Wildman–Crippen LogP) is 1.89. The van der Waals surface area contributed by atoms with Crippen molar-refractivity contribution in [1.82, 2.24) is 0 Å². The first kappa shape index (κ1) is 13.9. The van der Waals surface area contributed by atoms with Gasteiger partial charge in [-0.05, 0) is 25.1 Å². The second kappa shape index (κ2) is 6.57. The Morgan fingerprint density at radius 2 is 2.11 bits per heavy atom. The standard InChI is InChI=1S/C12H12N2O3S/c1-2-3-9-17-14-12(10-13)18(15,16)11-7-5-4-6-8-11/h2-8H,9H2,1H3. The van der Waals surface area contributed by atoms with Gasteiger partial charge in [-0.25, -0.2) is 8.42 Å². The quantitative estimate of drug-likeness (QED) is 0.273. The Balaban J connectivity index is 2.99. The van der Waals surface area contributed by atoms with Gasteiger partial charge in [-0.3, -0.25) is 0 Å². The van der Waals surface area contributed by atoms with Crippen molar-refractivity contribution >= 4 is 14.9 Å². The molecule has 18 heavy (non-hydrogen) atoms. The molecule has 0 saturated heterocycles.